The monoisotopic (exact) mass is 286 g/mol. The quantitative estimate of drug-likeness (QED) is 0.650. The number of aromatic nitrogens is 1. The van der Waals surface area contributed by atoms with Crippen LogP contribution in [-0.4, -0.2) is 22.4 Å². The van der Waals surface area contributed by atoms with E-state index in [1.807, 2.05) is 6.92 Å². The topological polar surface area (TPSA) is 97.2 Å². The lowest BCUT2D eigenvalue weighted by Gasteiger charge is -2.06. The minimum atomic E-state index is -0.493. The van der Waals surface area contributed by atoms with Crippen LogP contribution in [0.15, 0.2) is 42.6 Å². The van der Waals surface area contributed by atoms with Crippen LogP contribution in [0.3, 0.4) is 0 Å². The maximum Gasteiger partial charge on any atom is 0.274 e. The molecule has 108 valence electrons. The molecule has 2 aromatic rings. The molecule has 0 saturated carbocycles. The number of non-ortho nitro benzene ring substituents is 1. The van der Waals surface area contributed by atoms with E-state index in [4.69, 9.17) is 0 Å². The van der Waals surface area contributed by atoms with Gasteiger partial charge in [-0.1, -0.05) is 0 Å². The highest BCUT2D eigenvalue weighted by Gasteiger charge is 2.09. The second-order valence-electron chi connectivity index (χ2n) is 4.22. The first-order valence-electron chi connectivity index (χ1n) is 6.36. The summed E-state index contributed by atoms with van der Waals surface area (Å²) in [5.41, 5.74) is 1.56. The third kappa shape index (κ3) is 3.75. The van der Waals surface area contributed by atoms with Crippen LogP contribution in [0.4, 0.5) is 17.1 Å². The van der Waals surface area contributed by atoms with E-state index in [1.165, 1.54) is 24.3 Å². The Hall–Kier alpha value is -2.96. The number of nitro groups is 1. The minimum absolute atomic E-state index is 0.0267. The summed E-state index contributed by atoms with van der Waals surface area (Å²) in [7, 11) is 0. The maximum atomic E-state index is 12.0. The largest absolute Gasteiger partial charge is 0.384 e. The van der Waals surface area contributed by atoms with Gasteiger partial charge in [-0.05, 0) is 31.2 Å². The van der Waals surface area contributed by atoms with Crippen molar-refractivity contribution in [1.82, 2.24) is 4.98 Å². The van der Waals surface area contributed by atoms with Crippen molar-refractivity contribution in [2.45, 2.75) is 6.92 Å². The van der Waals surface area contributed by atoms with Crippen LogP contribution in [0.1, 0.15) is 17.4 Å². The van der Waals surface area contributed by atoms with Crippen molar-refractivity contribution in [3.05, 3.63) is 58.4 Å². The van der Waals surface area contributed by atoms with Gasteiger partial charge in [-0.3, -0.25) is 14.9 Å². The molecule has 0 unspecified atom stereocenters. The Labute approximate surface area is 121 Å². The first-order chi connectivity index (χ1) is 10.1. The molecule has 1 aromatic heterocycles. The molecule has 0 fully saturated rings. The number of hydrogen-bond acceptors (Lipinski definition) is 5. The SMILES string of the molecule is CCNc1ccc(C(=O)Nc2ccc([N+](=O)[O-])cc2)nc1. The number of amides is 1. The van der Waals surface area contributed by atoms with Gasteiger partial charge in [-0.2, -0.15) is 0 Å². The van der Waals surface area contributed by atoms with Crippen LogP contribution in [0.2, 0.25) is 0 Å². The van der Waals surface area contributed by atoms with Crippen molar-refractivity contribution in [1.29, 1.82) is 0 Å². The molecule has 0 atom stereocenters. The molecule has 21 heavy (non-hydrogen) atoms. The van der Waals surface area contributed by atoms with Gasteiger partial charge in [-0.15, -0.1) is 0 Å². The third-order valence-corrected chi connectivity index (χ3v) is 2.71. The van der Waals surface area contributed by atoms with Gasteiger partial charge in [-0.25, -0.2) is 4.98 Å². The number of nitrogens with one attached hydrogen (secondary N) is 2. The zero-order valence-corrected chi connectivity index (χ0v) is 11.4. The molecule has 2 N–H and O–H groups in total. The summed E-state index contributed by atoms with van der Waals surface area (Å²) >= 11 is 0. The highest BCUT2D eigenvalue weighted by Crippen LogP contribution is 2.16. The Morgan fingerprint density at radius 2 is 1.86 bits per heavy atom. The lowest BCUT2D eigenvalue weighted by Crippen LogP contribution is -2.13. The average molecular weight is 286 g/mol. The molecule has 1 amide bonds. The second-order valence-corrected chi connectivity index (χ2v) is 4.22. The number of rotatable bonds is 5. The first-order valence-corrected chi connectivity index (χ1v) is 6.36. The van der Waals surface area contributed by atoms with E-state index in [-0.39, 0.29) is 17.3 Å². The van der Waals surface area contributed by atoms with Crippen molar-refractivity contribution < 1.29 is 9.72 Å². The van der Waals surface area contributed by atoms with Gasteiger partial charge >= 0.3 is 0 Å². The van der Waals surface area contributed by atoms with Crippen LogP contribution in [0.25, 0.3) is 0 Å². The van der Waals surface area contributed by atoms with Crippen LogP contribution >= 0.6 is 0 Å². The Balaban J connectivity index is 2.05. The molecule has 0 saturated heterocycles. The predicted octanol–water partition coefficient (Wildman–Crippen LogP) is 2.67. The van der Waals surface area contributed by atoms with Crippen LogP contribution < -0.4 is 10.6 Å². The number of carbonyl (C=O) groups excluding carboxylic acids is 1. The molecule has 0 radical (unpaired) electrons. The van der Waals surface area contributed by atoms with E-state index in [1.54, 1.807) is 18.3 Å². The Kier molecular flexibility index (Phi) is 4.45. The van der Waals surface area contributed by atoms with Gasteiger partial charge in [0.2, 0.25) is 0 Å². The molecule has 1 heterocycles. The van der Waals surface area contributed by atoms with Crippen molar-refractivity contribution in [3.8, 4) is 0 Å². The van der Waals surface area contributed by atoms with E-state index in [9.17, 15) is 14.9 Å². The van der Waals surface area contributed by atoms with Crippen molar-refractivity contribution in [3.63, 3.8) is 0 Å². The van der Waals surface area contributed by atoms with Gasteiger partial charge in [0.25, 0.3) is 11.6 Å². The lowest BCUT2D eigenvalue weighted by atomic mass is 10.2. The molecule has 0 aliphatic heterocycles. The van der Waals surface area contributed by atoms with E-state index >= 15 is 0 Å². The van der Waals surface area contributed by atoms with Crippen LogP contribution in [-0.2, 0) is 0 Å². The van der Waals surface area contributed by atoms with E-state index in [0.29, 0.717) is 5.69 Å². The highest BCUT2D eigenvalue weighted by atomic mass is 16.6. The lowest BCUT2D eigenvalue weighted by molar-refractivity contribution is -0.384. The van der Waals surface area contributed by atoms with E-state index < -0.39 is 4.92 Å². The molecule has 0 aliphatic carbocycles. The molecule has 0 spiro atoms. The summed E-state index contributed by atoms with van der Waals surface area (Å²) in [5.74, 6) is -0.369. The fourth-order valence-corrected chi connectivity index (χ4v) is 1.70. The number of nitrogens with zero attached hydrogens (tertiary/aromatic N) is 2. The van der Waals surface area contributed by atoms with Gasteiger partial charge in [0.1, 0.15) is 5.69 Å². The number of hydrogen-bond donors (Lipinski definition) is 2. The average Bonchev–Trinajstić information content (AvgIpc) is 2.49. The standard InChI is InChI=1S/C14H14N4O3/c1-2-15-11-5-8-13(16-9-11)14(19)17-10-3-6-12(7-4-10)18(20)21/h3-9,15H,2H2,1H3,(H,17,19). The zero-order valence-electron chi connectivity index (χ0n) is 11.4. The normalized spacial score (nSPS) is 9.95. The predicted molar refractivity (Wildman–Crippen MR) is 79.5 cm³/mol. The minimum Gasteiger partial charge on any atom is -0.384 e. The Bertz CT molecular complexity index is 638. The first kappa shape index (κ1) is 14.4. The van der Waals surface area contributed by atoms with Crippen molar-refractivity contribution >= 4 is 23.0 Å². The molecule has 0 bridgehead atoms. The van der Waals surface area contributed by atoms with E-state index in [2.05, 4.69) is 15.6 Å². The smallest absolute Gasteiger partial charge is 0.274 e. The summed E-state index contributed by atoms with van der Waals surface area (Å²) in [6, 6.07) is 8.99. The van der Waals surface area contributed by atoms with Crippen LogP contribution in [0, 0.1) is 10.1 Å². The van der Waals surface area contributed by atoms with Crippen LogP contribution in [0.5, 0.6) is 0 Å². The Morgan fingerprint density at radius 1 is 1.19 bits per heavy atom. The molecule has 2 rings (SSSR count). The third-order valence-electron chi connectivity index (χ3n) is 2.71. The summed E-state index contributed by atoms with van der Waals surface area (Å²) in [6.45, 7) is 2.74. The number of benzene rings is 1. The Morgan fingerprint density at radius 3 is 2.38 bits per heavy atom. The van der Waals surface area contributed by atoms with Gasteiger partial charge < -0.3 is 10.6 Å². The summed E-state index contributed by atoms with van der Waals surface area (Å²) in [4.78, 5) is 26.1. The number of pyridine rings is 1. The summed E-state index contributed by atoms with van der Waals surface area (Å²) in [5, 5.41) is 16.3. The fourth-order valence-electron chi connectivity index (χ4n) is 1.70. The molecule has 7 heteroatoms. The summed E-state index contributed by atoms with van der Waals surface area (Å²) < 4.78 is 0. The fraction of sp³-hybridized carbons (Fsp3) is 0.143. The van der Waals surface area contributed by atoms with Gasteiger partial charge in [0, 0.05) is 24.4 Å². The highest BCUT2D eigenvalue weighted by molar-refractivity contribution is 6.02. The number of carbonyl (C=O) groups is 1. The molecule has 7 nitrogen and oxygen atoms in total. The van der Waals surface area contributed by atoms with E-state index in [0.717, 1.165) is 12.2 Å². The van der Waals surface area contributed by atoms with Crippen molar-refractivity contribution in [2.75, 3.05) is 17.2 Å². The number of nitro benzene ring substituents is 1. The van der Waals surface area contributed by atoms with Gasteiger partial charge in [0.15, 0.2) is 0 Å². The summed E-state index contributed by atoms with van der Waals surface area (Å²) in [6.07, 6.45) is 1.58. The zero-order chi connectivity index (χ0) is 15.2. The van der Waals surface area contributed by atoms with Gasteiger partial charge in [0.05, 0.1) is 16.8 Å². The van der Waals surface area contributed by atoms with Crippen molar-refractivity contribution in [2.24, 2.45) is 0 Å². The second kappa shape index (κ2) is 6.47. The number of anilines is 2. The molecular formula is C14H14N4O3. The maximum absolute atomic E-state index is 12.0. The molecule has 0 aliphatic rings. The molecular weight excluding hydrogens is 272 g/mol. The molecule has 1 aromatic carbocycles.